The summed E-state index contributed by atoms with van der Waals surface area (Å²) in [4.78, 5) is 26.7. The van der Waals surface area contributed by atoms with Crippen LogP contribution in [0.3, 0.4) is 0 Å². The van der Waals surface area contributed by atoms with Crippen molar-refractivity contribution in [3.63, 3.8) is 0 Å². The summed E-state index contributed by atoms with van der Waals surface area (Å²) in [6, 6.07) is 11.9. The molecule has 3 aromatic rings. The summed E-state index contributed by atoms with van der Waals surface area (Å²) < 4.78 is 5.64. The van der Waals surface area contributed by atoms with Gasteiger partial charge < -0.3 is 29.6 Å². The number of benzene rings is 2. The van der Waals surface area contributed by atoms with Gasteiger partial charge in [0.05, 0.1) is 18.8 Å². The number of rotatable bonds is 7. The zero-order valence-corrected chi connectivity index (χ0v) is 19.5. The van der Waals surface area contributed by atoms with E-state index < -0.39 is 0 Å². The zero-order valence-electron chi connectivity index (χ0n) is 19.5. The third-order valence-electron chi connectivity index (χ3n) is 6.50. The normalized spacial score (nSPS) is 16.1. The Balaban J connectivity index is 1.46. The van der Waals surface area contributed by atoms with E-state index in [4.69, 9.17) is 14.7 Å². The number of aldehydes is 1. The lowest BCUT2D eigenvalue weighted by atomic mass is 10.0. The molecular formula is C26H29N5O4. The molecule has 0 radical (unpaired) electrons. The number of allylic oxidation sites excluding steroid dienone is 1. The van der Waals surface area contributed by atoms with Crippen molar-refractivity contribution in [2.45, 2.75) is 13.0 Å². The first kappa shape index (κ1) is 22.9. The van der Waals surface area contributed by atoms with Gasteiger partial charge in [-0.25, -0.2) is 0 Å². The second-order valence-corrected chi connectivity index (χ2v) is 8.69. The number of hydrogen-bond acceptors (Lipinski definition) is 9. The summed E-state index contributed by atoms with van der Waals surface area (Å²) in [6.07, 6.45) is 4.90. The molecule has 2 aliphatic rings. The summed E-state index contributed by atoms with van der Waals surface area (Å²) in [5.41, 5.74) is 2.98. The number of aromatic nitrogens is 2. The third-order valence-corrected chi connectivity index (χ3v) is 6.50. The van der Waals surface area contributed by atoms with Gasteiger partial charge in [0.15, 0.2) is 0 Å². The minimum absolute atomic E-state index is 0.112. The van der Waals surface area contributed by atoms with Crippen LogP contribution in [0.2, 0.25) is 0 Å². The van der Waals surface area contributed by atoms with Gasteiger partial charge in [-0.2, -0.15) is 9.97 Å². The lowest BCUT2D eigenvalue weighted by molar-refractivity contribution is -0.104. The first-order valence-electron chi connectivity index (χ1n) is 11.9. The molecule has 9 nitrogen and oxygen atoms in total. The lowest BCUT2D eigenvalue weighted by Crippen LogP contribution is -2.45. The molecule has 2 N–H and O–H groups in total. The van der Waals surface area contributed by atoms with Gasteiger partial charge in [-0.05, 0) is 23.9 Å². The Bertz CT molecular complexity index is 1240. The Morgan fingerprint density at radius 1 is 1.03 bits per heavy atom. The van der Waals surface area contributed by atoms with Gasteiger partial charge in [-0.15, -0.1) is 0 Å². The number of carbonyl (C=O) groups is 1. The molecule has 2 aliphatic heterocycles. The molecule has 0 amide bonds. The molecule has 0 unspecified atom stereocenters. The van der Waals surface area contributed by atoms with Gasteiger partial charge in [-0.1, -0.05) is 24.3 Å². The van der Waals surface area contributed by atoms with Crippen LogP contribution in [0.15, 0.2) is 48.7 Å². The number of hydrogen-bond donors (Lipinski definition) is 2. The highest BCUT2D eigenvalue weighted by Crippen LogP contribution is 2.36. The molecule has 0 atom stereocenters. The maximum absolute atomic E-state index is 10.6. The van der Waals surface area contributed by atoms with Gasteiger partial charge in [0.25, 0.3) is 0 Å². The van der Waals surface area contributed by atoms with Gasteiger partial charge in [0.2, 0.25) is 0 Å². The van der Waals surface area contributed by atoms with Crippen LogP contribution in [0.4, 0.5) is 11.5 Å². The van der Waals surface area contributed by atoms with Crippen LogP contribution in [-0.2, 0) is 17.8 Å². The molecule has 35 heavy (non-hydrogen) atoms. The molecule has 182 valence electrons. The van der Waals surface area contributed by atoms with E-state index >= 15 is 0 Å². The van der Waals surface area contributed by atoms with Gasteiger partial charge in [0.1, 0.15) is 24.5 Å². The fraction of sp³-hybridized carbons (Fsp3) is 0.346. The largest absolute Gasteiger partial charge is 0.508 e. The molecule has 2 aromatic carbocycles. The standard InChI is InChI=1S/C26H29N5O4/c32-13-3-7-29-9-11-30(12-10-29)25-22-6-8-31(18-23(22)27-26(28-25)35-15-14-33)24-17-20(34)16-19-4-1-2-5-21(19)24/h1-5,7,13,16-17,33-34H,6,8-12,14-15,18H2. The number of piperazine rings is 1. The highest BCUT2D eigenvalue weighted by atomic mass is 16.5. The predicted molar refractivity (Wildman–Crippen MR) is 134 cm³/mol. The molecule has 3 heterocycles. The van der Waals surface area contributed by atoms with Crippen molar-refractivity contribution in [2.24, 2.45) is 0 Å². The Morgan fingerprint density at radius 3 is 2.66 bits per heavy atom. The van der Waals surface area contributed by atoms with Crippen LogP contribution in [0.25, 0.3) is 10.8 Å². The Hall–Kier alpha value is -3.85. The summed E-state index contributed by atoms with van der Waals surface area (Å²) in [7, 11) is 0. The molecule has 0 spiro atoms. The summed E-state index contributed by atoms with van der Waals surface area (Å²) >= 11 is 0. The van der Waals surface area contributed by atoms with Crippen molar-refractivity contribution in [1.82, 2.24) is 14.9 Å². The predicted octanol–water partition coefficient (Wildman–Crippen LogP) is 2.10. The van der Waals surface area contributed by atoms with E-state index in [0.717, 1.165) is 79.0 Å². The average Bonchev–Trinajstić information content (AvgIpc) is 2.89. The number of phenols is 1. The van der Waals surface area contributed by atoms with Crippen LogP contribution in [-0.4, -0.2) is 77.3 Å². The van der Waals surface area contributed by atoms with Crippen LogP contribution in [0.1, 0.15) is 11.3 Å². The van der Waals surface area contributed by atoms with E-state index in [1.807, 2.05) is 30.5 Å². The summed E-state index contributed by atoms with van der Waals surface area (Å²) in [5, 5.41) is 21.7. The molecule has 1 aromatic heterocycles. The molecule has 0 aliphatic carbocycles. The van der Waals surface area contributed by atoms with Gasteiger partial charge in [-0.3, -0.25) is 4.79 Å². The number of ether oxygens (including phenoxy) is 1. The van der Waals surface area contributed by atoms with Crippen molar-refractivity contribution >= 4 is 28.6 Å². The highest BCUT2D eigenvalue weighted by Gasteiger charge is 2.28. The SMILES string of the molecule is O=CC=CN1CCN(c2nc(OCCO)nc3c2CCN(c2cc(O)cc4ccccc24)C3)CC1. The summed E-state index contributed by atoms with van der Waals surface area (Å²) in [6.45, 7) is 4.47. The minimum atomic E-state index is -0.112. The first-order valence-corrected chi connectivity index (χ1v) is 11.9. The number of aliphatic hydroxyl groups excluding tert-OH is 1. The van der Waals surface area contributed by atoms with Crippen molar-refractivity contribution < 1.29 is 19.7 Å². The number of phenolic OH excluding ortho intramolecular Hbond substituents is 1. The zero-order chi connectivity index (χ0) is 24.2. The Labute approximate surface area is 203 Å². The fourth-order valence-corrected chi connectivity index (χ4v) is 4.83. The first-order chi connectivity index (χ1) is 17.2. The maximum atomic E-state index is 10.6. The van der Waals surface area contributed by atoms with E-state index in [9.17, 15) is 15.0 Å². The number of anilines is 2. The van der Waals surface area contributed by atoms with Crippen molar-refractivity contribution in [3.8, 4) is 11.8 Å². The lowest BCUT2D eigenvalue weighted by Gasteiger charge is -2.38. The highest BCUT2D eigenvalue weighted by molar-refractivity contribution is 5.95. The van der Waals surface area contributed by atoms with E-state index in [1.54, 1.807) is 6.07 Å². The van der Waals surface area contributed by atoms with Crippen molar-refractivity contribution in [3.05, 3.63) is 59.9 Å². The number of fused-ring (bicyclic) bond motifs is 2. The van der Waals surface area contributed by atoms with E-state index in [0.29, 0.717) is 6.54 Å². The van der Waals surface area contributed by atoms with Crippen LogP contribution >= 0.6 is 0 Å². The average molecular weight is 476 g/mol. The van der Waals surface area contributed by atoms with E-state index in [2.05, 4.69) is 20.8 Å². The smallest absolute Gasteiger partial charge is 0.318 e. The topological polar surface area (TPSA) is 102 Å². The van der Waals surface area contributed by atoms with Crippen LogP contribution in [0.5, 0.6) is 11.8 Å². The van der Waals surface area contributed by atoms with Gasteiger partial charge >= 0.3 is 6.01 Å². The minimum Gasteiger partial charge on any atom is -0.508 e. The fourth-order valence-electron chi connectivity index (χ4n) is 4.83. The molecular weight excluding hydrogens is 446 g/mol. The van der Waals surface area contributed by atoms with E-state index in [-0.39, 0.29) is 25.0 Å². The van der Waals surface area contributed by atoms with E-state index in [1.165, 1.54) is 6.08 Å². The number of nitrogens with zero attached hydrogens (tertiary/aromatic N) is 5. The second-order valence-electron chi connectivity index (χ2n) is 8.69. The van der Waals surface area contributed by atoms with Gasteiger partial charge in [0, 0.05) is 61.6 Å². The quantitative estimate of drug-likeness (QED) is 0.393. The van der Waals surface area contributed by atoms with Crippen molar-refractivity contribution in [1.29, 1.82) is 0 Å². The van der Waals surface area contributed by atoms with Crippen LogP contribution < -0.4 is 14.5 Å². The molecule has 0 saturated carbocycles. The molecule has 1 saturated heterocycles. The molecule has 1 fully saturated rings. The van der Waals surface area contributed by atoms with Crippen LogP contribution in [0, 0.1) is 0 Å². The molecule has 9 heteroatoms. The number of carbonyl (C=O) groups excluding carboxylic acids is 1. The Morgan fingerprint density at radius 2 is 1.86 bits per heavy atom. The maximum Gasteiger partial charge on any atom is 0.318 e. The molecule has 0 bridgehead atoms. The Kier molecular flexibility index (Phi) is 6.67. The summed E-state index contributed by atoms with van der Waals surface area (Å²) in [5.74, 6) is 1.11. The third kappa shape index (κ3) is 4.85. The monoisotopic (exact) mass is 475 g/mol. The second kappa shape index (κ2) is 10.2. The molecule has 5 rings (SSSR count). The van der Waals surface area contributed by atoms with Crippen molar-refractivity contribution in [2.75, 3.05) is 55.7 Å². The number of aromatic hydroxyl groups is 1. The number of aliphatic hydroxyl groups is 1.